The molecular weight excluding hydrogens is 158 g/mol. The number of aryl methyl sites for hydroxylation is 2. The van der Waals surface area contributed by atoms with Gasteiger partial charge in [-0.2, -0.15) is 5.10 Å². The predicted octanol–water partition coefficient (Wildman–Crippen LogP) is 0.263. The molecule has 0 aliphatic carbocycles. The van der Waals surface area contributed by atoms with E-state index in [0.717, 1.165) is 0 Å². The average molecular weight is 169 g/mol. The normalized spacial score (nSPS) is 10.2. The summed E-state index contributed by atoms with van der Waals surface area (Å²) in [5, 5.41) is 12.7. The molecule has 0 aliphatic rings. The number of nitrogens with two attached hydrogens (primary N) is 1. The van der Waals surface area contributed by atoms with Crippen LogP contribution in [-0.4, -0.2) is 20.9 Å². The van der Waals surface area contributed by atoms with Gasteiger partial charge in [0, 0.05) is 7.05 Å². The highest BCUT2D eigenvalue weighted by Gasteiger charge is 2.18. The fourth-order valence-electron chi connectivity index (χ4n) is 1.08. The maximum atomic E-state index is 10.7. The molecule has 0 atom stereocenters. The van der Waals surface area contributed by atoms with Crippen LogP contribution in [0.4, 0.5) is 5.82 Å². The van der Waals surface area contributed by atoms with E-state index in [-0.39, 0.29) is 11.4 Å². The first-order valence-corrected chi connectivity index (χ1v) is 3.62. The quantitative estimate of drug-likeness (QED) is 0.665. The zero-order valence-electron chi connectivity index (χ0n) is 7.03. The van der Waals surface area contributed by atoms with E-state index in [2.05, 4.69) is 5.10 Å². The van der Waals surface area contributed by atoms with Gasteiger partial charge in [0.25, 0.3) is 0 Å². The van der Waals surface area contributed by atoms with Crippen LogP contribution in [0.3, 0.4) is 0 Å². The van der Waals surface area contributed by atoms with Crippen LogP contribution >= 0.6 is 0 Å². The van der Waals surface area contributed by atoms with Crippen molar-refractivity contribution in [3.8, 4) is 0 Å². The van der Waals surface area contributed by atoms with Crippen LogP contribution in [0.15, 0.2) is 0 Å². The average Bonchev–Trinajstić information content (AvgIpc) is 2.28. The van der Waals surface area contributed by atoms with Gasteiger partial charge in [0.15, 0.2) is 0 Å². The smallest absolute Gasteiger partial charge is 0.341 e. The molecule has 0 amide bonds. The second-order valence-corrected chi connectivity index (χ2v) is 2.49. The van der Waals surface area contributed by atoms with Gasteiger partial charge in [-0.1, -0.05) is 6.92 Å². The topological polar surface area (TPSA) is 81.1 Å². The van der Waals surface area contributed by atoms with Crippen molar-refractivity contribution >= 4 is 11.8 Å². The maximum absolute atomic E-state index is 10.7. The number of aromatic nitrogens is 2. The molecule has 0 aliphatic heterocycles. The highest BCUT2D eigenvalue weighted by Crippen LogP contribution is 2.15. The van der Waals surface area contributed by atoms with E-state index in [1.165, 1.54) is 4.68 Å². The van der Waals surface area contributed by atoms with Gasteiger partial charge in [0.2, 0.25) is 0 Å². The Morgan fingerprint density at radius 2 is 2.33 bits per heavy atom. The first-order chi connectivity index (χ1) is 5.57. The molecule has 0 unspecified atom stereocenters. The minimum Gasteiger partial charge on any atom is -0.477 e. The number of hydrogen-bond acceptors (Lipinski definition) is 3. The zero-order valence-corrected chi connectivity index (χ0v) is 7.03. The molecule has 0 aromatic carbocycles. The third-order valence-corrected chi connectivity index (χ3v) is 1.71. The van der Waals surface area contributed by atoms with Crippen LogP contribution in [0, 0.1) is 0 Å². The number of hydrogen-bond donors (Lipinski definition) is 2. The molecule has 1 heterocycles. The van der Waals surface area contributed by atoms with Crippen molar-refractivity contribution < 1.29 is 9.90 Å². The van der Waals surface area contributed by atoms with Gasteiger partial charge in [0.1, 0.15) is 11.4 Å². The Morgan fingerprint density at radius 3 is 2.67 bits per heavy atom. The number of carboxylic acid groups (broad SMARTS) is 1. The van der Waals surface area contributed by atoms with Crippen molar-refractivity contribution in [2.75, 3.05) is 5.73 Å². The van der Waals surface area contributed by atoms with E-state index in [1.807, 2.05) is 6.92 Å². The summed E-state index contributed by atoms with van der Waals surface area (Å²) in [6, 6.07) is 0. The molecule has 0 saturated heterocycles. The molecule has 12 heavy (non-hydrogen) atoms. The Bertz CT molecular complexity index is 317. The molecule has 1 aromatic heterocycles. The molecule has 3 N–H and O–H groups in total. The van der Waals surface area contributed by atoms with E-state index < -0.39 is 5.97 Å². The number of nitrogens with zero attached hydrogens (tertiary/aromatic N) is 2. The van der Waals surface area contributed by atoms with Crippen LogP contribution in [0.5, 0.6) is 0 Å². The molecule has 66 valence electrons. The van der Waals surface area contributed by atoms with Crippen molar-refractivity contribution in [1.29, 1.82) is 0 Å². The summed E-state index contributed by atoms with van der Waals surface area (Å²) < 4.78 is 1.38. The predicted molar refractivity (Wildman–Crippen MR) is 44.0 cm³/mol. The van der Waals surface area contributed by atoms with E-state index in [4.69, 9.17) is 10.8 Å². The van der Waals surface area contributed by atoms with Crippen LogP contribution in [-0.2, 0) is 13.5 Å². The van der Waals surface area contributed by atoms with Crippen molar-refractivity contribution in [3.05, 3.63) is 11.3 Å². The van der Waals surface area contributed by atoms with Crippen LogP contribution in [0.1, 0.15) is 23.0 Å². The minimum atomic E-state index is -1.02. The standard InChI is InChI=1S/C7H11N3O2/c1-3-4-5(7(11)12)6(8)10(2)9-4/h3,8H2,1-2H3,(H,11,12). The molecular formula is C7H11N3O2. The molecule has 1 aromatic rings. The first kappa shape index (κ1) is 8.58. The molecule has 5 heteroatoms. The molecule has 5 nitrogen and oxygen atoms in total. The molecule has 0 fully saturated rings. The molecule has 0 saturated carbocycles. The summed E-state index contributed by atoms with van der Waals surface area (Å²) in [7, 11) is 1.63. The summed E-state index contributed by atoms with van der Waals surface area (Å²) in [6.45, 7) is 1.84. The Kier molecular flexibility index (Phi) is 2.03. The summed E-state index contributed by atoms with van der Waals surface area (Å²) in [4.78, 5) is 10.7. The molecule has 0 radical (unpaired) electrons. The van der Waals surface area contributed by atoms with Crippen LogP contribution in [0.2, 0.25) is 0 Å². The largest absolute Gasteiger partial charge is 0.477 e. The molecule has 1 rings (SSSR count). The number of carboxylic acids is 1. The third kappa shape index (κ3) is 1.13. The van der Waals surface area contributed by atoms with E-state index in [9.17, 15) is 4.79 Å². The number of nitrogen functional groups attached to an aromatic ring is 1. The summed E-state index contributed by atoms with van der Waals surface area (Å²) in [6.07, 6.45) is 0.576. The Labute approximate surface area is 69.8 Å². The summed E-state index contributed by atoms with van der Waals surface area (Å²) >= 11 is 0. The monoisotopic (exact) mass is 169 g/mol. The lowest BCUT2D eigenvalue weighted by atomic mass is 10.2. The lowest BCUT2D eigenvalue weighted by molar-refractivity contribution is 0.0697. The van der Waals surface area contributed by atoms with E-state index in [1.54, 1.807) is 7.05 Å². The first-order valence-electron chi connectivity index (χ1n) is 3.62. The highest BCUT2D eigenvalue weighted by atomic mass is 16.4. The second-order valence-electron chi connectivity index (χ2n) is 2.49. The Balaban J connectivity index is 3.31. The SMILES string of the molecule is CCc1nn(C)c(N)c1C(=O)O. The van der Waals surface area contributed by atoms with Gasteiger partial charge in [-0.25, -0.2) is 4.79 Å². The Hall–Kier alpha value is -1.52. The minimum absolute atomic E-state index is 0.125. The van der Waals surface area contributed by atoms with Crippen molar-refractivity contribution in [3.63, 3.8) is 0 Å². The Morgan fingerprint density at radius 1 is 1.75 bits per heavy atom. The van der Waals surface area contributed by atoms with E-state index >= 15 is 0 Å². The van der Waals surface area contributed by atoms with Gasteiger partial charge in [0.05, 0.1) is 5.69 Å². The van der Waals surface area contributed by atoms with E-state index in [0.29, 0.717) is 12.1 Å². The number of carbonyl (C=O) groups is 1. The molecule has 0 bridgehead atoms. The number of rotatable bonds is 2. The van der Waals surface area contributed by atoms with Gasteiger partial charge in [-0.3, -0.25) is 4.68 Å². The maximum Gasteiger partial charge on any atom is 0.341 e. The van der Waals surface area contributed by atoms with Crippen molar-refractivity contribution in [1.82, 2.24) is 9.78 Å². The lowest BCUT2D eigenvalue weighted by Gasteiger charge is -1.94. The van der Waals surface area contributed by atoms with Gasteiger partial charge in [-0.15, -0.1) is 0 Å². The fraction of sp³-hybridized carbons (Fsp3) is 0.429. The molecule has 0 spiro atoms. The second kappa shape index (κ2) is 2.84. The van der Waals surface area contributed by atoms with Gasteiger partial charge in [-0.05, 0) is 6.42 Å². The fourth-order valence-corrected chi connectivity index (χ4v) is 1.08. The van der Waals surface area contributed by atoms with Gasteiger partial charge < -0.3 is 10.8 Å². The summed E-state index contributed by atoms with van der Waals surface area (Å²) in [5.41, 5.74) is 6.15. The van der Waals surface area contributed by atoms with Crippen LogP contribution in [0.25, 0.3) is 0 Å². The van der Waals surface area contributed by atoms with Crippen LogP contribution < -0.4 is 5.73 Å². The number of aromatic carboxylic acids is 1. The number of anilines is 1. The van der Waals surface area contributed by atoms with Crippen molar-refractivity contribution in [2.24, 2.45) is 7.05 Å². The third-order valence-electron chi connectivity index (χ3n) is 1.71. The lowest BCUT2D eigenvalue weighted by Crippen LogP contribution is -2.04. The highest BCUT2D eigenvalue weighted by molar-refractivity contribution is 5.94. The van der Waals surface area contributed by atoms with Crippen molar-refractivity contribution in [2.45, 2.75) is 13.3 Å². The van der Waals surface area contributed by atoms with Gasteiger partial charge >= 0.3 is 5.97 Å². The zero-order chi connectivity index (χ0) is 9.30. The summed E-state index contributed by atoms with van der Waals surface area (Å²) in [5.74, 6) is -0.809.